The number of ether oxygens (including phenoxy) is 1. The van der Waals surface area contributed by atoms with E-state index in [-0.39, 0.29) is 11.9 Å². The summed E-state index contributed by atoms with van der Waals surface area (Å²) in [4.78, 5) is 0. The van der Waals surface area contributed by atoms with Crippen LogP contribution in [0.3, 0.4) is 0 Å². The quantitative estimate of drug-likeness (QED) is 0.833. The Hall–Kier alpha value is -1.58. The van der Waals surface area contributed by atoms with Crippen LogP contribution in [0.1, 0.15) is 30.5 Å². The second-order valence-corrected chi connectivity index (χ2v) is 5.30. The van der Waals surface area contributed by atoms with Crippen LogP contribution in [0.15, 0.2) is 42.5 Å². The summed E-state index contributed by atoms with van der Waals surface area (Å²) in [6.07, 6.45) is 0.906. The molecule has 0 aliphatic carbocycles. The number of rotatable bonds is 6. The lowest BCUT2D eigenvalue weighted by Gasteiger charge is -2.20. The van der Waals surface area contributed by atoms with Gasteiger partial charge in [0.2, 0.25) is 0 Å². The van der Waals surface area contributed by atoms with Gasteiger partial charge in [-0.2, -0.15) is 0 Å². The number of para-hydroxylation sites is 1. The summed E-state index contributed by atoms with van der Waals surface area (Å²) in [5.74, 6) is 0.541. The highest BCUT2D eigenvalue weighted by Crippen LogP contribution is 2.27. The Morgan fingerprint density at radius 2 is 2.00 bits per heavy atom. The number of hydrogen-bond acceptors (Lipinski definition) is 2. The molecule has 0 saturated heterocycles. The summed E-state index contributed by atoms with van der Waals surface area (Å²) in [6.45, 7) is 2.65. The van der Waals surface area contributed by atoms with Crippen molar-refractivity contribution in [2.24, 2.45) is 0 Å². The molecule has 0 radical (unpaired) electrons. The van der Waals surface area contributed by atoms with Gasteiger partial charge in [-0.15, -0.1) is 0 Å². The second-order valence-electron chi connectivity index (χ2n) is 4.86. The van der Waals surface area contributed by atoms with Gasteiger partial charge in [0.25, 0.3) is 0 Å². The Kier molecular flexibility index (Phi) is 5.59. The molecule has 2 nitrogen and oxygen atoms in total. The highest BCUT2D eigenvalue weighted by atomic mass is 35.5. The van der Waals surface area contributed by atoms with Crippen LogP contribution < -0.4 is 10.1 Å². The molecule has 2 aromatic rings. The van der Waals surface area contributed by atoms with Crippen LogP contribution in [0.5, 0.6) is 5.75 Å². The highest BCUT2D eigenvalue weighted by molar-refractivity contribution is 6.30. The predicted octanol–water partition coefficient (Wildman–Crippen LogP) is 4.73. The number of hydrogen-bond donors (Lipinski definition) is 1. The maximum Gasteiger partial charge on any atom is 0.125 e. The molecule has 0 saturated carbocycles. The summed E-state index contributed by atoms with van der Waals surface area (Å²) in [5, 5.41) is 3.84. The van der Waals surface area contributed by atoms with Gasteiger partial charge in [0.05, 0.1) is 7.11 Å². The minimum Gasteiger partial charge on any atom is -0.496 e. The summed E-state index contributed by atoms with van der Waals surface area (Å²) >= 11 is 5.88. The van der Waals surface area contributed by atoms with Crippen LogP contribution in [0.4, 0.5) is 4.39 Å². The van der Waals surface area contributed by atoms with Gasteiger partial charge < -0.3 is 10.1 Å². The first kappa shape index (κ1) is 15.8. The minimum atomic E-state index is -0.315. The molecule has 4 heteroatoms. The van der Waals surface area contributed by atoms with E-state index in [0.29, 0.717) is 11.6 Å². The van der Waals surface area contributed by atoms with E-state index in [1.807, 2.05) is 24.3 Å². The van der Waals surface area contributed by atoms with Crippen molar-refractivity contribution in [2.75, 3.05) is 7.11 Å². The summed E-state index contributed by atoms with van der Waals surface area (Å²) in [7, 11) is 1.66. The third-order valence-electron chi connectivity index (χ3n) is 3.40. The molecule has 1 atom stereocenters. The van der Waals surface area contributed by atoms with E-state index >= 15 is 0 Å². The molecule has 2 rings (SSSR count). The fourth-order valence-electron chi connectivity index (χ4n) is 2.38. The van der Waals surface area contributed by atoms with Crippen LogP contribution in [0, 0.1) is 5.82 Å². The highest BCUT2D eigenvalue weighted by Gasteiger charge is 2.13. The van der Waals surface area contributed by atoms with Crippen molar-refractivity contribution in [2.45, 2.75) is 25.9 Å². The van der Waals surface area contributed by atoms with Crippen molar-refractivity contribution < 1.29 is 9.13 Å². The molecule has 0 aromatic heterocycles. The molecule has 1 unspecified atom stereocenters. The van der Waals surface area contributed by atoms with E-state index in [0.717, 1.165) is 23.3 Å². The van der Waals surface area contributed by atoms with Gasteiger partial charge >= 0.3 is 0 Å². The summed E-state index contributed by atoms with van der Waals surface area (Å²) in [5.41, 5.74) is 1.93. The molecule has 0 fully saturated rings. The molecular weight excluding hydrogens is 289 g/mol. The van der Waals surface area contributed by atoms with Crippen LogP contribution in [-0.2, 0) is 6.54 Å². The molecule has 2 aromatic carbocycles. The van der Waals surface area contributed by atoms with Gasteiger partial charge in [-0.3, -0.25) is 0 Å². The maximum absolute atomic E-state index is 13.3. The van der Waals surface area contributed by atoms with E-state index < -0.39 is 0 Å². The van der Waals surface area contributed by atoms with Crippen LogP contribution in [0.2, 0.25) is 5.02 Å². The van der Waals surface area contributed by atoms with E-state index in [9.17, 15) is 4.39 Å². The van der Waals surface area contributed by atoms with Crippen molar-refractivity contribution in [3.8, 4) is 5.75 Å². The molecule has 0 spiro atoms. The minimum absolute atomic E-state index is 0.142. The van der Waals surface area contributed by atoms with E-state index in [1.165, 1.54) is 12.1 Å². The van der Waals surface area contributed by atoms with Crippen molar-refractivity contribution in [1.29, 1.82) is 0 Å². The fourth-order valence-corrected chi connectivity index (χ4v) is 2.63. The molecule has 0 aliphatic heterocycles. The zero-order valence-corrected chi connectivity index (χ0v) is 13.0. The first-order chi connectivity index (χ1) is 10.1. The summed E-state index contributed by atoms with van der Waals surface area (Å²) in [6, 6.07) is 12.6. The van der Waals surface area contributed by atoms with Crippen molar-refractivity contribution in [1.82, 2.24) is 5.32 Å². The zero-order valence-electron chi connectivity index (χ0n) is 12.2. The molecule has 21 heavy (non-hydrogen) atoms. The van der Waals surface area contributed by atoms with Crippen molar-refractivity contribution in [3.05, 3.63) is 64.4 Å². The average Bonchev–Trinajstić information content (AvgIpc) is 2.47. The van der Waals surface area contributed by atoms with Gasteiger partial charge in [0.1, 0.15) is 11.6 Å². The largest absolute Gasteiger partial charge is 0.496 e. The first-order valence-electron chi connectivity index (χ1n) is 6.95. The number of benzene rings is 2. The Morgan fingerprint density at radius 3 is 2.67 bits per heavy atom. The van der Waals surface area contributed by atoms with Gasteiger partial charge in [0, 0.05) is 23.2 Å². The SMILES string of the molecule is CCC(NCc1cc(F)cc(Cl)c1)c1ccccc1OC. The second kappa shape index (κ2) is 7.43. The Morgan fingerprint density at radius 1 is 1.24 bits per heavy atom. The lowest BCUT2D eigenvalue weighted by Crippen LogP contribution is -2.21. The van der Waals surface area contributed by atoms with Crippen molar-refractivity contribution in [3.63, 3.8) is 0 Å². The molecule has 0 bridgehead atoms. The number of nitrogens with one attached hydrogen (secondary N) is 1. The third kappa shape index (κ3) is 4.19. The standard InChI is InChI=1S/C17H19ClFNO/c1-3-16(15-6-4-5-7-17(15)21-2)20-11-12-8-13(18)10-14(19)9-12/h4-10,16,20H,3,11H2,1-2H3. The van der Waals surface area contributed by atoms with Crippen LogP contribution in [0.25, 0.3) is 0 Å². The van der Waals surface area contributed by atoms with E-state index in [1.54, 1.807) is 13.2 Å². The Labute approximate surface area is 129 Å². The number of halogens is 2. The molecular formula is C17H19ClFNO. The van der Waals surface area contributed by atoms with Gasteiger partial charge in [0.15, 0.2) is 0 Å². The normalized spacial score (nSPS) is 12.2. The lowest BCUT2D eigenvalue weighted by atomic mass is 10.0. The molecule has 0 amide bonds. The molecule has 0 heterocycles. The fraction of sp³-hybridized carbons (Fsp3) is 0.294. The third-order valence-corrected chi connectivity index (χ3v) is 3.62. The first-order valence-corrected chi connectivity index (χ1v) is 7.33. The summed E-state index contributed by atoms with van der Waals surface area (Å²) < 4.78 is 18.7. The van der Waals surface area contributed by atoms with Crippen LogP contribution >= 0.6 is 11.6 Å². The Balaban J connectivity index is 2.12. The maximum atomic E-state index is 13.3. The van der Waals surface area contributed by atoms with Gasteiger partial charge in [-0.05, 0) is 36.2 Å². The predicted molar refractivity (Wildman–Crippen MR) is 84.3 cm³/mol. The van der Waals surface area contributed by atoms with E-state index in [4.69, 9.17) is 16.3 Å². The van der Waals surface area contributed by atoms with Gasteiger partial charge in [-0.1, -0.05) is 36.7 Å². The zero-order chi connectivity index (χ0) is 15.2. The average molecular weight is 308 g/mol. The number of methoxy groups -OCH3 is 1. The molecule has 1 N–H and O–H groups in total. The van der Waals surface area contributed by atoms with E-state index in [2.05, 4.69) is 12.2 Å². The van der Waals surface area contributed by atoms with Crippen molar-refractivity contribution >= 4 is 11.6 Å². The van der Waals surface area contributed by atoms with Gasteiger partial charge in [-0.25, -0.2) is 4.39 Å². The molecule has 112 valence electrons. The topological polar surface area (TPSA) is 21.3 Å². The lowest BCUT2D eigenvalue weighted by molar-refractivity contribution is 0.396. The smallest absolute Gasteiger partial charge is 0.125 e. The Bertz CT molecular complexity index is 583. The molecule has 0 aliphatic rings. The monoisotopic (exact) mass is 307 g/mol. The van der Waals surface area contributed by atoms with Crippen LogP contribution in [-0.4, -0.2) is 7.11 Å².